The smallest absolute Gasteiger partial charge is 0.326 e. The minimum Gasteiger partial charge on any atom is -0.480 e. The summed E-state index contributed by atoms with van der Waals surface area (Å²) in [6.07, 6.45) is -0.0900. The van der Waals surface area contributed by atoms with E-state index in [0.29, 0.717) is 14.5 Å². The summed E-state index contributed by atoms with van der Waals surface area (Å²) < 4.78 is 6.17. The molecule has 0 heterocycles. The third-order valence-electron chi connectivity index (χ3n) is 3.04. The number of ether oxygens (including phenoxy) is 1. The summed E-state index contributed by atoms with van der Waals surface area (Å²) >= 11 is 6.54. The Kier molecular flexibility index (Phi) is 7.70. The highest BCUT2D eigenvalue weighted by Gasteiger charge is 2.29. The van der Waals surface area contributed by atoms with Gasteiger partial charge < -0.3 is 15.2 Å². The molecule has 23 heavy (non-hydrogen) atoms. The van der Waals surface area contributed by atoms with Gasteiger partial charge in [-0.2, -0.15) is 0 Å². The number of carbonyl (C=O) groups excluding carboxylic acids is 2. The molecule has 0 saturated carbocycles. The number of benzene rings is 1. The molecule has 0 aliphatic carbocycles. The molecule has 0 fully saturated rings. The zero-order valence-electron chi connectivity index (χ0n) is 12.6. The lowest BCUT2D eigenvalue weighted by atomic mass is 9.98. The average molecular weight is 451 g/mol. The van der Waals surface area contributed by atoms with Crippen LogP contribution >= 0.6 is 31.9 Å². The van der Waals surface area contributed by atoms with E-state index in [2.05, 4.69) is 37.2 Å². The number of aliphatic carboxylic acids is 1. The maximum Gasteiger partial charge on any atom is 0.326 e. The van der Waals surface area contributed by atoms with Gasteiger partial charge in [-0.15, -0.1) is 0 Å². The number of esters is 1. The van der Waals surface area contributed by atoms with Gasteiger partial charge >= 0.3 is 11.9 Å². The first kappa shape index (κ1) is 19.6. The fraction of sp³-hybridized carbons (Fsp3) is 0.400. The molecule has 0 bridgehead atoms. The SMILES string of the molecule is CCOC(=O)C[C@H](C)[C@@H](NC(=O)c1cc(Br)cc(Br)c1)C(=O)O. The number of carboxylic acid groups (broad SMARTS) is 1. The first-order valence-electron chi connectivity index (χ1n) is 6.90. The number of carboxylic acids is 1. The molecular formula is C15H17Br2NO5. The normalized spacial score (nSPS) is 13.0. The Morgan fingerprint density at radius 3 is 2.26 bits per heavy atom. The molecule has 0 aromatic heterocycles. The maximum atomic E-state index is 12.2. The highest BCUT2D eigenvalue weighted by atomic mass is 79.9. The van der Waals surface area contributed by atoms with Gasteiger partial charge in [0, 0.05) is 14.5 Å². The highest BCUT2D eigenvalue weighted by molar-refractivity contribution is 9.11. The summed E-state index contributed by atoms with van der Waals surface area (Å²) in [6.45, 7) is 3.47. The fourth-order valence-corrected chi connectivity index (χ4v) is 3.25. The lowest BCUT2D eigenvalue weighted by molar-refractivity contribution is -0.145. The van der Waals surface area contributed by atoms with E-state index < -0.39 is 29.8 Å². The Balaban J connectivity index is 2.84. The van der Waals surface area contributed by atoms with Crippen molar-refractivity contribution in [1.29, 1.82) is 0 Å². The molecule has 1 aromatic carbocycles. The maximum absolute atomic E-state index is 12.2. The summed E-state index contributed by atoms with van der Waals surface area (Å²) in [6, 6.07) is 3.73. The number of carbonyl (C=O) groups is 3. The van der Waals surface area contributed by atoms with Crippen LogP contribution in [0.15, 0.2) is 27.1 Å². The molecule has 1 rings (SSSR count). The Bertz CT molecular complexity index is 585. The summed E-state index contributed by atoms with van der Waals surface area (Å²) in [4.78, 5) is 35.1. The van der Waals surface area contributed by atoms with Gasteiger partial charge in [-0.1, -0.05) is 38.8 Å². The van der Waals surface area contributed by atoms with Gasteiger partial charge in [0.25, 0.3) is 5.91 Å². The lowest BCUT2D eigenvalue weighted by Crippen LogP contribution is -2.45. The molecule has 0 aliphatic heterocycles. The molecule has 2 atom stereocenters. The number of nitrogens with one attached hydrogen (secondary N) is 1. The molecule has 2 N–H and O–H groups in total. The van der Waals surface area contributed by atoms with Gasteiger partial charge in [0.05, 0.1) is 13.0 Å². The molecule has 1 aromatic rings. The first-order chi connectivity index (χ1) is 10.7. The van der Waals surface area contributed by atoms with Crippen molar-refractivity contribution in [2.45, 2.75) is 26.3 Å². The van der Waals surface area contributed by atoms with Gasteiger partial charge in [-0.25, -0.2) is 4.79 Å². The van der Waals surface area contributed by atoms with Crippen molar-refractivity contribution in [1.82, 2.24) is 5.32 Å². The second kappa shape index (κ2) is 9.02. The zero-order chi connectivity index (χ0) is 17.6. The summed E-state index contributed by atoms with van der Waals surface area (Å²) in [5, 5.41) is 11.8. The van der Waals surface area contributed by atoms with E-state index in [4.69, 9.17) is 4.74 Å². The van der Waals surface area contributed by atoms with Gasteiger partial charge in [0.1, 0.15) is 6.04 Å². The first-order valence-corrected chi connectivity index (χ1v) is 8.48. The number of hydrogen-bond donors (Lipinski definition) is 2. The molecule has 0 radical (unpaired) electrons. The highest BCUT2D eigenvalue weighted by Crippen LogP contribution is 2.20. The van der Waals surface area contributed by atoms with Crippen molar-refractivity contribution in [3.63, 3.8) is 0 Å². The van der Waals surface area contributed by atoms with Crippen molar-refractivity contribution in [3.05, 3.63) is 32.7 Å². The third kappa shape index (κ3) is 6.31. The topological polar surface area (TPSA) is 92.7 Å². The molecular weight excluding hydrogens is 434 g/mol. The van der Waals surface area contributed by atoms with Crippen LogP contribution in [-0.4, -0.2) is 35.6 Å². The Hall–Kier alpha value is -1.41. The van der Waals surface area contributed by atoms with Crippen LogP contribution in [0.1, 0.15) is 30.6 Å². The predicted octanol–water partition coefficient (Wildman–Crippen LogP) is 2.98. The van der Waals surface area contributed by atoms with E-state index in [-0.39, 0.29) is 13.0 Å². The van der Waals surface area contributed by atoms with E-state index in [0.717, 1.165) is 0 Å². The van der Waals surface area contributed by atoms with Gasteiger partial charge in [0.2, 0.25) is 0 Å². The van der Waals surface area contributed by atoms with Crippen molar-refractivity contribution >= 4 is 49.7 Å². The van der Waals surface area contributed by atoms with Crippen LogP contribution in [0.5, 0.6) is 0 Å². The van der Waals surface area contributed by atoms with Crippen LogP contribution < -0.4 is 5.32 Å². The van der Waals surface area contributed by atoms with Crippen molar-refractivity contribution in [3.8, 4) is 0 Å². The summed E-state index contributed by atoms with van der Waals surface area (Å²) in [7, 11) is 0. The number of rotatable bonds is 7. The van der Waals surface area contributed by atoms with Gasteiger partial charge in [0.15, 0.2) is 0 Å². The van der Waals surface area contributed by atoms with Gasteiger partial charge in [-0.05, 0) is 31.0 Å². The second-order valence-corrected chi connectivity index (χ2v) is 6.77. The minimum atomic E-state index is -1.20. The van der Waals surface area contributed by atoms with Crippen LogP contribution in [0.4, 0.5) is 0 Å². The average Bonchev–Trinajstić information content (AvgIpc) is 2.42. The minimum absolute atomic E-state index is 0.0900. The Morgan fingerprint density at radius 2 is 1.78 bits per heavy atom. The molecule has 0 saturated heterocycles. The van der Waals surface area contributed by atoms with Crippen LogP contribution in [0.25, 0.3) is 0 Å². The predicted molar refractivity (Wildman–Crippen MR) is 91.1 cm³/mol. The second-order valence-electron chi connectivity index (χ2n) is 4.93. The van der Waals surface area contributed by atoms with E-state index in [1.54, 1.807) is 32.0 Å². The monoisotopic (exact) mass is 449 g/mol. The standard InChI is InChI=1S/C15H17Br2NO5/c1-3-23-12(19)4-8(2)13(15(21)22)18-14(20)9-5-10(16)7-11(17)6-9/h5-8,13H,3-4H2,1-2H3,(H,18,20)(H,21,22)/t8-,13+/m0/s1. The van der Waals surface area contributed by atoms with E-state index in [9.17, 15) is 19.5 Å². The van der Waals surface area contributed by atoms with E-state index in [1.165, 1.54) is 0 Å². The lowest BCUT2D eigenvalue weighted by Gasteiger charge is -2.21. The van der Waals surface area contributed by atoms with Gasteiger partial charge in [-0.3, -0.25) is 9.59 Å². The molecule has 6 nitrogen and oxygen atoms in total. The largest absolute Gasteiger partial charge is 0.480 e. The van der Waals surface area contributed by atoms with Crippen LogP contribution in [0, 0.1) is 5.92 Å². The van der Waals surface area contributed by atoms with Crippen molar-refractivity contribution in [2.75, 3.05) is 6.61 Å². The molecule has 126 valence electrons. The number of amides is 1. The fourth-order valence-electron chi connectivity index (χ4n) is 1.96. The van der Waals surface area contributed by atoms with E-state index >= 15 is 0 Å². The Morgan fingerprint density at radius 1 is 1.22 bits per heavy atom. The Labute approximate surface area is 150 Å². The molecule has 1 amide bonds. The van der Waals surface area contributed by atoms with Crippen molar-refractivity contribution < 1.29 is 24.2 Å². The van der Waals surface area contributed by atoms with Crippen LogP contribution in [0.3, 0.4) is 0 Å². The van der Waals surface area contributed by atoms with E-state index in [1.807, 2.05) is 0 Å². The molecule has 0 unspecified atom stereocenters. The summed E-state index contributed by atoms with van der Waals surface area (Å²) in [5.41, 5.74) is 0.306. The van der Waals surface area contributed by atoms with Crippen molar-refractivity contribution in [2.24, 2.45) is 5.92 Å². The van der Waals surface area contributed by atoms with Crippen LogP contribution in [0.2, 0.25) is 0 Å². The summed E-state index contributed by atoms with van der Waals surface area (Å²) in [5.74, 6) is -2.84. The zero-order valence-corrected chi connectivity index (χ0v) is 15.8. The quantitative estimate of drug-likeness (QED) is 0.623. The molecule has 8 heteroatoms. The van der Waals surface area contributed by atoms with Crippen LogP contribution in [-0.2, 0) is 14.3 Å². The molecule has 0 aliphatic rings. The molecule has 0 spiro atoms. The third-order valence-corrected chi connectivity index (χ3v) is 3.96. The number of hydrogen-bond acceptors (Lipinski definition) is 4. The number of halogens is 2.